The fraction of sp³-hybridized carbons (Fsp3) is 0.483. The molecule has 1 aromatic rings. The van der Waals surface area contributed by atoms with E-state index in [2.05, 4.69) is 0 Å². The van der Waals surface area contributed by atoms with E-state index in [9.17, 15) is 19.5 Å². The first-order valence-corrected chi connectivity index (χ1v) is 12.9. The Morgan fingerprint density at radius 3 is 2.45 bits per heavy atom. The van der Waals surface area contributed by atoms with Crippen LogP contribution in [0.5, 0.6) is 17.2 Å². The fourth-order valence-electron chi connectivity index (χ4n) is 5.99. The molecule has 0 aromatic heterocycles. The number of hydrogen-bond acceptors (Lipinski definition) is 11. The predicted molar refractivity (Wildman–Crippen MR) is 137 cm³/mol. The van der Waals surface area contributed by atoms with Crippen molar-refractivity contribution in [2.24, 2.45) is 5.92 Å². The molecular weight excluding hydrogens is 524 g/mol. The number of carbonyl (C=O) groups excluding carboxylic acids is 3. The fourth-order valence-corrected chi connectivity index (χ4v) is 5.99. The molecule has 0 saturated heterocycles. The quantitative estimate of drug-likeness (QED) is 0.423. The highest BCUT2D eigenvalue weighted by molar-refractivity contribution is 6.06. The largest absolute Gasteiger partial charge is 0.496 e. The Labute approximate surface area is 231 Å². The van der Waals surface area contributed by atoms with E-state index in [1.807, 2.05) is 0 Å². The van der Waals surface area contributed by atoms with Gasteiger partial charge in [-0.2, -0.15) is 0 Å². The van der Waals surface area contributed by atoms with Crippen LogP contribution in [0.3, 0.4) is 0 Å². The van der Waals surface area contributed by atoms with Crippen LogP contribution in [0.1, 0.15) is 51.8 Å². The van der Waals surface area contributed by atoms with Crippen molar-refractivity contribution in [3.05, 3.63) is 52.0 Å². The van der Waals surface area contributed by atoms with E-state index in [0.29, 0.717) is 33.9 Å². The van der Waals surface area contributed by atoms with E-state index in [4.69, 9.17) is 33.2 Å². The van der Waals surface area contributed by atoms with E-state index in [-0.39, 0.29) is 30.5 Å². The van der Waals surface area contributed by atoms with Gasteiger partial charge in [-0.3, -0.25) is 9.59 Å². The number of rotatable bonds is 5. The predicted octanol–water partition coefficient (Wildman–Crippen LogP) is 2.94. The second-order valence-corrected chi connectivity index (χ2v) is 10.4. The highest BCUT2D eigenvalue weighted by Crippen LogP contribution is 2.63. The minimum atomic E-state index is -1.86. The number of ether oxygens (including phenoxy) is 7. The zero-order valence-electron chi connectivity index (χ0n) is 23.4. The minimum Gasteiger partial charge on any atom is -0.496 e. The molecule has 0 fully saturated rings. The number of esters is 2. The third-order valence-electron chi connectivity index (χ3n) is 8.28. The Morgan fingerprint density at radius 2 is 1.82 bits per heavy atom. The summed E-state index contributed by atoms with van der Waals surface area (Å²) in [5.74, 6) is -1.69. The molecule has 11 nitrogen and oxygen atoms in total. The first-order chi connectivity index (χ1) is 18.9. The number of hydrogen-bond donors (Lipinski definition) is 1. The van der Waals surface area contributed by atoms with Gasteiger partial charge in [0.2, 0.25) is 24.1 Å². The van der Waals surface area contributed by atoms with Crippen molar-refractivity contribution in [2.75, 3.05) is 27.6 Å². The summed E-state index contributed by atoms with van der Waals surface area (Å²) in [6, 6.07) is 1.69. The van der Waals surface area contributed by atoms with Crippen LogP contribution >= 0.6 is 0 Å². The molecule has 2 aliphatic carbocycles. The van der Waals surface area contributed by atoms with Gasteiger partial charge in [-0.1, -0.05) is 13.0 Å². The average molecular weight is 557 g/mol. The molecule has 5 unspecified atom stereocenters. The Morgan fingerprint density at radius 1 is 1.10 bits per heavy atom. The Kier molecular flexibility index (Phi) is 6.60. The number of benzene rings is 1. The molecule has 0 saturated carbocycles. The van der Waals surface area contributed by atoms with Crippen LogP contribution in [0.4, 0.5) is 0 Å². The first kappa shape index (κ1) is 27.6. The zero-order valence-corrected chi connectivity index (χ0v) is 23.4. The van der Waals surface area contributed by atoms with Gasteiger partial charge < -0.3 is 38.3 Å². The second kappa shape index (κ2) is 9.58. The van der Waals surface area contributed by atoms with Gasteiger partial charge in [0, 0.05) is 29.5 Å². The number of carbonyl (C=O) groups is 3. The van der Waals surface area contributed by atoms with Crippen LogP contribution in [0.25, 0.3) is 0 Å². The van der Waals surface area contributed by atoms with Gasteiger partial charge in [-0.05, 0) is 38.5 Å². The highest BCUT2D eigenvalue weighted by atomic mass is 16.7. The van der Waals surface area contributed by atoms with E-state index in [1.165, 1.54) is 34.1 Å². The number of ketones is 1. The summed E-state index contributed by atoms with van der Waals surface area (Å²) in [6.45, 7) is 7.51. The lowest BCUT2D eigenvalue weighted by Crippen LogP contribution is -2.57. The van der Waals surface area contributed by atoms with Crippen LogP contribution in [0.15, 0.2) is 40.9 Å². The molecule has 0 bridgehead atoms. The number of aliphatic hydroxyl groups is 1. The summed E-state index contributed by atoms with van der Waals surface area (Å²) >= 11 is 0. The molecule has 1 aromatic carbocycles. The zero-order chi connectivity index (χ0) is 29.1. The van der Waals surface area contributed by atoms with Gasteiger partial charge in [0.1, 0.15) is 23.7 Å². The van der Waals surface area contributed by atoms with E-state index in [0.717, 1.165) is 0 Å². The third kappa shape index (κ3) is 3.71. The Bertz CT molecular complexity index is 1400. The van der Waals surface area contributed by atoms with Gasteiger partial charge in [0.25, 0.3) is 0 Å². The molecule has 5 rings (SSSR count). The molecule has 214 valence electrons. The van der Waals surface area contributed by atoms with E-state index >= 15 is 0 Å². The van der Waals surface area contributed by atoms with Crippen LogP contribution in [-0.4, -0.2) is 62.2 Å². The molecular formula is C29H32O11. The summed E-state index contributed by atoms with van der Waals surface area (Å²) in [6.07, 6.45) is 0.457. The molecule has 0 amide bonds. The lowest BCUT2D eigenvalue weighted by molar-refractivity contribution is -0.178. The van der Waals surface area contributed by atoms with Crippen molar-refractivity contribution in [1.82, 2.24) is 0 Å². The second-order valence-electron chi connectivity index (χ2n) is 10.4. The maximum absolute atomic E-state index is 13.3. The smallest absolute Gasteiger partial charge is 0.333 e. The average Bonchev–Trinajstić information content (AvgIpc) is 3.55. The first-order valence-electron chi connectivity index (χ1n) is 12.9. The number of methoxy groups -OCH3 is 2. The summed E-state index contributed by atoms with van der Waals surface area (Å²) < 4.78 is 41.0. The number of fused-ring (bicyclic) bond motifs is 2. The highest BCUT2D eigenvalue weighted by Gasteiger charge is 2.64. The van der Waals surface area contributed by atoms with Gasteiger partial charge in [0.15, 0.2) is 23.4 Å². The van der Waals surface area contributed by atoms with Crippen molar-refractivity contribution in [2.45, 2.75) is 57.8 Å². The van der Waals surface area contributed by atoms with Gasteiger partial charge in [0.05, 0.1) is 14.2 Å². The maximum atomic E-state index is 13.3. The van der Waals surface area contributed by atoms with Crippen molar-refractivity contribution >= 4 is 17.7 Å². The molecule has 40 heavy (non-hydrogen) atoms. The number of allylic oxidation sites excluding steroid dienone is 2. The van der Waals surface area contributed by atoms with Crippen LogP contribution in [-0.2, 0) is 38.7 Å². The molecule has 5 atom stereocenters. The van der Waals surface area contributed by atoms with Crippen LogP contribution in [0, 0.1) is 5.92 Å². The van der Waals surface area contributed by atoms with Crippen LogP contribution < -0.4 is 14.2 Å². The van der Waals surface area contributed by atoms with Crippen molar-refractivity contribution in [3.8, 4) is 17.2 Å². The molecule has 0 radical (unpaired) electrons. The van der Waals surface area contributed by atoms with Crippen molar-refractivity contribution < 1.29 is 52.6 Å². The van der Waals surface area contributed by atoms with E-state index in [1.54, 1.807) is 32.9 Å². The van der Waals surface area contributed by atoms with Gasteiger partial charge in [-0.25, -0.2) is 4.79 Å². The van der Waals surface area contributed by atoms with Crippen LogP contribution in [0.2, 0.25) is 0 Å². The monoisotopic (exact) mass is 556 g/mol. The van der Waals surface area contributed by atoms with Gasteiger partial charge in [-0.15, -0.1) is 0 Å². The van der Waals surface area contributed by atoms with E-state index < -0.39 is 46.9 Å². The summed E-state index contributed by atoms with van der Waals surface area (Å²) in [4.78, 5) is 39.0. The van der Waals surface area contributed by atoms with Gasteiger partial charge >= 0.3 is 11.9 Å². The Balaban J connectivity index is 1.92. The molecule has 1 N–H and O–H groups in total. The topological polar surface area (TPSA) is 136 Å². The Hall–Kier alpha value is -3.99. The van der Waals surface area contributed by atoms with Crippen molar-refractivity contribution in [1.29, 1.82) is 0 Å². The normalized spacial score (nSPS) is 30.3. The molecule has 2 heterocycles. The lowest BCUT2D eigenvalue weighted by atomic mass is 9.60. The standard InChI is InChI=1S/C29H32O11/c1-8-13(2)27(32)40-21-14(3)28(5,33)25(39-15(4)30)17-10-18(31)22(34-6)26(35-7)29(17)11-36-24-20(29)16(21)9-19-23(24)38-12-37-19/h8-10,14,21,25,33H,11-12H2,1-7H3. The lowest BCUT2D eigenvalue weighted by Gasteiger charge is -2.49. The summed E-state index contributed by atoms with van der Waals surface area (Å²) in [5.41, 5.74) is -1.78. The SMILES string of the molecule is CC=C(C)C(=O)OC1c2cc3c(c4c2C2(CO4)C(=CC(=O)C(OC)=C2OC)C(OC(C)=O)C(C)(O)C1C)OCO3. The summed E-state index contributed by atoms with van der Waals surface area (Å²) in [5, 5.41) is 12.2. The molecule has 1 spiro atoms. The molecule has 4 aliphatic rings. The summed E-state index contributed by atoms with van der Waals surface area (Å²) in [7, 11) is 2.73. The third-order valence-corrected chi connectivity index (χ3v) is 8.28. The van der Waals surface area contributed by atoms with Crippen molar-refractivity contribution in [3.63, 3.8) is 0 Å². The maximum Gasteiger partial charge on any atom is 0.333 e. The minimum absolute atomic E-state index is 0.0649. The molecule has 11 heteroatoms. The molecule has 2 aliphatic heterocycles.